The molecule has 0 unspecified atom stereocenters. The normalized spacial score (nSPS) is 16.2. The van der Waals surface area contributed by atoms with Crippen LogP contribution in [0.3, 0.4) is 0 Å². The quantitative estimate of drug-likeness (QED) is 0.356. The van der Waals surface area contributed by atoms with Crippen LogP contribution in [-0.2, 0) is 7.05 Å². The van der Waals surface area contributed by atoms with Crippen LogP contribution in [0.15, 0.2) is 34.2 Å². The number of ether oxygens (including phenoxy) is 2. The van der Waals surface area contributed by atoms with Gasteiger partial charge in [-0.15, -0.1) is 15.3 Å². The van der Waals surface area contributed by atoms with Gasteiger partial charge in [0, 0.05) is 32.2 Å². The summed E-state index contributed by atoms with van der Waals surface area (Å²) in [5.41, 5.74) is -1.55. The summed E-state index contributed by atoms with van der Waals surface area (Å²) in [4.78, 5) is 35.4. The van der Waals surface area contributed by atoms with Gasteiger partial charge in [0.2, 0.25) is 17.9 Å². The van der Waals surface area contributed by atoms with Crippen molar-refractivity contribution in [3.63, 3.8) is 0 Å². The molecule has 0 radical (unpaired) electrons. The first-order valence-corrected chi connectivity index (χ1v) is 10.4. The minimum absolute atomic E-state index is 0.0247. The number of nitrogens with zero attached hydrogens (tertiary/aromatic N) is 6. The third kappa shape index (κ3) is 4.48. The van der Waals surface area contributed by atoms with Gasteiger partial charge in [-0.3, -0.25) is 9.78 Å². The van der Waals surface area contributed by atoms with Crippen LogP contribution < -0.4 is 20.7 Å². The van der Waals surface area contributed by atoms with E-state index >= 15 is 0 Å². The van der Waals surface area contributed by atoms with Gasteiger partial charge in [-0.1, -0.05) is 0 Å². The van der Waals surface area contributed by atoms with Crippen LogP contribution in [0.1, 0.15) is 24.6 Å². The molecular formula is C20H16F4N8O4. The molecule has 5 rings (SSSR count). The van der Waals surface area contributed by atoms with E-state index < -0.39 is 48.6 Å². The minimum Gasteiger partial charge on any atom is -0.474 e. The Balaban J connectivity index is 1.46. The molecule has 0 aliphatic heterocycles. The first kappa shape index (κ1) is 23.4. The molecule has 1 fully saturated rings. The molecule has 4 heterocycles. The first-order chi connectivity index (χ1) is 17.1. The van der Waals surface area contributed by atoms with Gasteiger partial charge in [0.15, 0.2) is 5.65 Å². The first-order valence-electron chi connectivity index (χ1n) is 10.4. The lowest BCUT2D eigenvalue weighted by Gasteiger charge is -2.34. The Hall–Kier alpha value is -4.37. The molecule has 4 aromatic heterocycles. The predicted octanol–water partition coefficient (Wildman–Crippen LogP) is 1.76. The van der Waals surface area contributed by atoms with Gasteiger partial charge in [-0.2, -0.15) is 0 Å². The average Bonchev–Trinajstić information content (AvgIpc) is 3.11. The van der Waals surface area contributed by atoms with Crippen LogP contribution in [0, 0.1) is 0 Å². The minimum atomic E-state index is -3.07. The fraction of sp³-hybridized carbons (Fsp3) is 0.350. The Morgan fingerprint density at radius 3 is 2.64 bits per heavy atom. The van der Waals surface area contributed by atoms with Gasteiger partial charge in [0.1, 0.15) is 18.1 Å². The van der Waals surface area contributed by atoms with Gasteiger partial charge in [-0.25, -0.2) is 37.0 Å². The lowest BCUT2D eigenvalue weighted by Crippen LogP contribution is -2.43. The third-order valence-electron chi connectivity index (χ3n) is 5.41. The fourth-order valence-corrected chi connectivity index (χ4v) is 3.63. The Morgan fingerprint density at radius 1 is 1.17 bits per heavy atom. The zero-order valence-corrected chi connectivity index (χ0v) is 18.3. The van der Waals surface area contributed by atoms with E-state index in [0.717, 1.165) is 18.6 Å². The summed E-state index contributed by atoms with van der Waals surface area (Å²) < 4.78 is 66.3. The molecule has 188 valence electrons. The second-order valence-electron chi connectivity index (χ2n) is 8.04. The van der Waals surface area contributed by atoms with Gasteiger partial charge >= 0.3 is 5.69 Å². The molecule has 4 aromatic rings. The molecule has 0 bridgehead atoms. The predicted molar refractivity (Wildman–Crippen MR) is 113 cm³/mol. The van der Waals surface area contributed by atoms with Crippen molar-refractivity contribution >= 4 is 11.0 Å². The smallest absolute Gasteiger partial charge is 0.325 e. The largest absolute Gasteiger partial charge is 0.474 e. The molecule has 12 nitrogen and oxygen atoms in total. The van der Waals surface area contributed by atoms with Crippen LogP contribution in [0.25, 0.3) is 22.3 Å². The number of aryl methyl sites for hydroxylation is 1. The van der Waals surface area contributed by atoms with Crippen LogP contribution in [0.2, 0.25) is 0 Å². The van der Waals surface area contributed by atoms with E-state index in [9.17, 15) is 27.2 Å². The highest BCUT2D eigenvalue weighted by Crippen LogP contribution is 2.40. The van der Waals surface area contributed by atoms with E-state index in [0.29, 0.717) is 0 Å². The summed E-state index contributed by atoms with van der Waals surface area (Å²) in [5, 5.41) is 12.1. The number of fused-ring (bicyclic) bond motifs is 1. The van der Waals surface area contributed by atoms with Gasteiger partial charge < -0.3 is 14.5 Å². The van der Waals surface area contributed by atoms with Gasteiger partial charge in [-0.05, 0) is 6.07 Å². The Kier molecular flexibility index (Phi) is 5.64. The molecule has 0 aromatic carbocycles. The summed E-state index contributed by atoms with van der Waals surface area (Å²) >= 11 is 0. The summed E-state index contributed by atoms with van der Waals surface area (Å²) in [6.45, 7) is 0. The van der Waals surface area contributed by atoms with Gasteiger partial charge in [0.25, 0.3) is 17.9 Å². The van der Waals surface area contributed by atoms with Crippen molar-refractivity contribution in [2.45, 2.75) is 37.4 Å². The molecule has 0 spiro atoms. The van der Waals surface area contributed by atoms with E-state index in [4.69, 9.17) is 9.47 Å². The highest BCUT2D eigenvalue weighted by atomic mass is 19.3. The standard InChI is InChI=1S/C20H16F4N8O4/c1-32-16-9(2-11(29-30-16)10-6-25-19(34)28-17(10)33)18(31-32)36-14(15(21)22)12-3-13(27-7-26-12)35-8-4-20(23,24)5-8/h2-3,6-8,14-15H,4-5H2,1H3,(H2,25,28,33,34)/t14-/m1/s1. The number of nitrogens with one attached hydrogen (secondary N) is 2. The lowest BCUT2D eigenvalue weighted by molar-refractivity contribution is -0.135. The second kappa shape index (κ2) is 8.69. The van der Waals surface area contributed by atoms with E-state index in [1.807, 2.05) is 0 Å². The van der Waals surface area contributed by atoms with E-state index in [-0.39, 0.29) is 39.7 Å². The van der Waals surface area contributed by atoms with Crippen molar-refractivity contribution in [2.24, 2.45) is 7.05 Å². The maximum atomic E-state index is 14.0. The van der Waals surface area contributed by atoms with Crippen molar-refractivity contribution in [1.29, 1.82) is 0 Å². The summed E-state index contributed by atoms with van der Waals surface area (Å²) in [5.74, 6) is -3.22. The topological polar surface area (TPSA) is 154 Å². The van der Waals surface area contributed by atoms with Crippen LogP contribution >= 0.6 is 0 Å². The van der Waals surface area contributed by atoms with Crippen molar-refractivity contribution in [1.82, 2.24) is 39.9 Å². The number of H-pyrrole nitrogens is 2. The highest BCUT2D eigenvalue weighted by molar-refractivity contribution is 5.84. The number of aromatic nitrogens is 8. The number of hydrogen-bond acceptors (Lipinski definition) is 9. The van der Waals surface area contributed by atoms with Crippen LogP contribution in [-0.4, -0.2) is 58.4 Å². The third-order valence-corrected chi connectivity index (χ3v) is 5.41. The van der Waals surface area contributed by atoms with Crippen molar-refractivity contribution in [3.05, 3.63) is 51.2 Å². The second-order valence-corrected chi connectivity index (χ2v) is 8.04. The molecule has 36 heavy (non-hydrogen) atoms. The molecule has 1 aliphatic rings. The van der Waals surface area contributed by atoms with Crippen LogP contribution in [0.5, 0.6) is 11.8 Å². The SMILES string of the molecule is Cn1nc(O[C@H](c2cc(OC3CC(F)(F)C3)ncn2)C(F)F)c2cc(-c3c[nH]c(=O)[nH]c3=O)nnc21. The lowest BCUT2D eigenvalue weighted by atomic mass is 9.91. The zero-order valence-electron chi connectivity index (χ0n) is 18.3. The van der Waals surface area contributed by atoms with Crippen molar-refractivity contribution in [2.75, 3.05) is 0 Å². The molecule has 1 atom stereocenters. The number of aromatic amines is 2. The molecule has 1 aliphatic carbocycles. The molecule has 0 saturated heterocycles. The van der Waals surface area contributed by atoms with Crippen LogP contribution in [0.4, 0.5) is 17.6 Å². The van der Waals surface area contributed by atoms with E-state index in [1.165, 1.54) is 17.8 Å². The maximum Gasteiger partial charge on any atom is 0.325 e. The van der Waals surface area contributed by atoms with E-state index in [2.05, 4.69) is 35.2 Å². The van der Waals surface area contributed by atoms with E-state index in [1.54, 1.807) is 0 Å². The summed E-state index contributed by atoms with van der Waals surface area (Å²) in [6, 6.07) is 2.44. The molecule has 2 N–H and O–H groups in total. The molecule has 1 saturated carbocycles. The number of hydrogen-bond donors (Lipinski definition) is 2. The Bertz CT molecular complexity index is 1540. The zero-order chi connectivity index (χ0) is 25.6. The van der Waals surface area contributed by atoms with Crippen molar-refractivity contribution in [3.8, 4) is 23.0 Å². The monoisotopic (exact) mass is 508 g/mol. The number of halogens is 4. The summed E-state index contributed by atoms with van der Waals surface area (Å²) in [6.07, 6.45) is -4.69. The maximum absolute atomic E-state index is 14.0. The number of alkyl halides is 4. The average molecular weight is 508 g/mol. The molecule has 0 amide bonds. The Morgan fingerprint density at radius 2 is 1.94 bits per heavy atom. The molecule has 16 heteroatoms. The highest BCUT2D eigenvalue weighted by Gasteiger charge is 2.47. The fourth-order valence-electron chi connectivity index (χ4n) is 3.63. The summed E-state index contributed by atoms with van der Waals surface area (Å²) in [7, 11) is 1.48. The Labute approximate surface area is 197 Å². The number of rotatable bonds is 7. The van der Waals surface area contributed by atoms with Gasteiger partial charge in [0.05, 0.1) is 16.6 Å². The molecular weight excluding hydrogens is 492 g/mol. The van der Waals surface area contributed by atoms with Crippen molar-refractivity contribution < 1.29 is 27.0 Å².